The third-order valence-corrected chi connectivity index (χ3v) is 12.3. The highest BCUT2D eigenvalue weighted by molar-refractivity contribution is 6.05. The van der Waals surface area contributed by atoms with Crippen molar-refractivity contribution in [1.82, 2.24) is 35.4 Å². The predicted octanol–water partition coefficient (Wildman–Crippen LogP) is 3.68. The lowest BCUT2D eigenvalue weighted by Crippen LogP contribution is -2.55. The summed E-state index contributed by atoms with van der Waals surface area (Å²) >= 11 is 0. The standard InChI is InChI=1S/C52H67FN10O10/c1-35-29-38(64)33-63(35)51(68)48(52(2,3)4)60-45(65)13-21-70-23-25-72-27-28-73-26-24-71-22-16-56-46(66)34-61-17-19-62(20-18-61)43-30-36(39-32-55-14-11-37(39)31-54)9-10-41(43)59-50(67)42-12-15-57-49(58-42)47-40(53)7-6-8-44(47)69-5/h6-12,14-15,30,32,35,38,48,64H,13,16-29,33-34H2,1-5H3,(H,56,66)(H,59,67)(H,60,65)/t35-,38-,48-/m1/s1. The number of aliphatic hydroxyl groups excluding tert-OH is 1. The molecule has 3 atom stereocenters. The Balaban J connectivity index is 0.856. The van der Waals surface area contributed by atoms with Gasteiger partial charge in [0.15, 0.2) is 5.82 Å². The average Bonchev–Trinajstić information content (AvgIpc) is 3.73. The number of likely N-dealkylation sites (tertiary alicyclic amines) is 1. The zero-order valence-electron chi connectivity index (χ0n) is 42.2. The number of benzene rings is 2. The molecule has 4 N–H and O–H groups in total. The number of anilines is 2. The highest BCUT2D eigenvalue weighted by atomic mass is 19.1. The van der Waals surface area contributed by atoms with E-state index in [-0.39, 0.29) is 72.7 Å². The van der Waals surface area contributed by atoms with Crippen molar-refractivity contribution in [3.8, 4) is 34.3 Å². The number of hydrogen-bond donors (Lipinski definition) is 4. The van der Waals surface area contributed by atoms with E-state index < -0.39 is 29.3 Å². The number of β-amino-alcohol motifs (C(OH)–C–C–N with tert-alkyl or cyclic N) is 1. The van der Waals surface area contributed by atoms with E-state index in [4.69, 9.17) is 23.7 Å². The lowest BCUT2D eigenvalue weighted by atomic mass is 9.85. The second kappa shape index (κ2) is 27.4. The number of hydrogen-bond acceptors (Lipinski definition) is 16. The van der Waals surface area contributed by atoms with Gasteiger partial charge in [0.05, 0.1) is 101 Å². The molecule has 0 radical (unpaired) electrons. The molecule has 0 aliphatic carbocycles. The number of nitrogens with zero attached hydrogens (tertiary/aromatic N) is 7. The van der Waals surface area contributed by atoms with Crippen LogP contribution in [-0.2, 0) is 33.3 Å². The summed E-state index contributed by atoms with van der Waals surface area (Å²) in [5.74, 6) is -1.53. The van der Waals surface area contributed by atoms with Gasteiger partial charge < -0.3 is 54.5 Å². The lowest BCUT2D eigenvalue weighted by Gasteiger charge is -2.36. The van der Waals surface area contributed by atoms with Crippen LogP contribution >= 0.6 is 0 Å². The number of pyridine rings is 1. The Morgan fingerprint density at radius 3 is 2.26 bits per heavy atom. The molecule has 2 saturated heterocycles. The molecule has 4 heterocycles. The Labute approximate surface area is 425 Å². The van der Waals surface area contributed by atoms with Gasteiger partial charge in [-0.3, -0.25) is 29.1 Å². The molecular formula is C52H67FN10O10. The highest BCUT2D eigenvalue weighted by Gasteiger charge is 2.40. The number of halogens is 1. The zero-order chi connectivity index (χ0) is 52.3. The average molecular weight is 1010 g/mol. The second-order valence-corrected chi connectivity index (χ2v) is 18.7. The first-order valence-corrected chi connectivity index (χ1v) is 24.5. The summed E-state index contributed by atoms with van der Waals surface area (Å²) in [6.45, 7) is 13.1. The van der Waals surface area contributed by atoms with Crippen molar-refractivity contribution in [2.45, 2.75) is 58.7 Å². The van der Waals surface area contributed by atoms with Crippen molar-refractivity contribution < 1.29 is 52.4 Å². The van der Waals surface area contributed by atoms with Gasteiger partial charge in [-0.1, -0.05) is 32.9 Å². The van der Waals surface area contributed by atoms with Crippen molar-refractivity contribution in [2.75, 3.05) is 116 Å². The predicted molar refractivity (Wildman–Crippen MR) is 269 cm³/mol. The summed E-state index contributed by atoms with van der Waals surface area (Å²) in [6.07, 6.45) is 4.63. The Hall–Kier alpha value is -6.67. The third-order valence-electron chi connectivity index (χ3n) is 12.3. The normalized spacial score (nSPS) is 16.4. The van der Waals surface area contributed by atoms with Crippen molar-refractivity contribution in [1.29, 1.82) is 5.26 Å². The lowest BCUT2D eigenvalue weighted by molar-refractivity contribution is -0.140. The van der Waals surface area contributed by atoms with E-state index in [1.807, 2.05) is 38.7 Å². The number of rotatable bonds is 25. The molecule has 2 aliphatic heterocycles. The van der Waals surface area contributed by atoms with Gasteiger partial charge in [0, 0.05) is 75.9 Å². The number of aromatic nitrogens is 3. The quantitative estimate of drug-likeness (QED) is 0.0692. The van der Waals surface area contributed by atoms with Crippen molar-refractivity contribution in [3.05, 3.63) is 84.2 Å². The topological polar surface area (TPSA) is 243 Å². The molecule has 2 aromatic carbocycles. The van der Waals surface area contributed by atoms with Gasteiger partial charge >= 0.3 is 0 Å². The molecule has 73 heavy (non-hydrogen) atoms. The maximum atomic E-state index is 14.9. The van der Waals surface area contributed by atoms with Crippen LogP contribution in [0.3, 0.4) is 0 Å². The summed E-state index contributed by atoms with van der Waals surface area (Å²) in [6, 6.07) is 14.3. The molecule has 0 bridgehead atoms. The minimum Gasteiger partial charge on any atom is -0.496 e. The van der Waals surface area contributed by atoms with E-state index in [0.717, 1.165) is 5.56 Å². The monoisotopic (exact) mass is 1010 g/mol. The molecule has 0 saturated carbocycles. The van der Waals surface area contributed by atoms with Gasteiger partial charge in [0.25, 0.3) is 5.91 Å². The maximum absolute atomic E-state index is 14.9. The fourth-order valence-corrected chi connectivity index (χ4v) is 8.42. The van der Waals surface area contributed by atoms with Crippen molar-refractivity contribution >= 4 is 35.0 Å². The van der Waals surface area contributed by atoms with Gasteiger partial charge in [0.1, 0.15) is 23.3 Å². The van der Waals surface area contributed by atoms with Crippen LogP contribution in [0.15, 0.2) is 67.1 Å². The molecule has 4 amide bonds. The van der Waals surface area contributed by atoms with Gasteiger partial charge in [-0.25, -0.2) is 14.4 Å². The number of amides is 4. The second-order valence-electron chi connectivity index (χ2n) is 18.7. The van der Waals surface area contributed by atoms with Crippen LogP contribution in [0, 0.1) is 22.6 Å². The molecule has 2 aliphatic rings. The first-order valence-electron chi connectivity index (χ1n) is 24.5. The Morgan fingerprint density at radius 2 is 1.60 bits per heavy atom. The number of piperazine rings is 1. The summed E-state index contributed by atoms with van der Waals surface area (Å²) in [5, 5.41) is 28.5. The Bertz CT molecular complexity index is 2530. The van der Waals surface area contributed by atoms with Gasteiger partial charge in [-0.05, 0) is 60.7 Å². The Kier molecular flexibility index (Phi) is 20.9. The van der Waals surface area contributed by atoms with Crippen molar-refractivity contribution in [2.24, 2.45) is 5.41 Å². The molecule has 0 unspecified atom stereocenters. The molecule has 21 heteroatoms. The molecule has 0 spiro atoms. The number of nitriles is 1. The largest absolute Gasteiger partial charge is 0.496 e. The van der Waals surface area contributed by atoms with E-state index in [9.17, 15) is 33.9 Å². The number of ether oxygens (including phenoxy) is 5. The summed E-state index contributed by atoms with van der Waals surface area (Å²) in [7, 11) is 1.41. The van der Waals surface area contributed by atoms with Crippen LogP contribution in [0.4, 0.5) is 15.8 Å². The zero-order valence-corrected chi connectivity index (χ0v) is 42.2. The number of nitrogens with one attached hydrogen (secondary N) is 3. The summed E-state index contributed by atoms with van der Waals surface area (Å²) in [5.41, 5.74) is 2.53. The number of methoxy groups -OCH3 is 1. The SMILES string of the molecule is COc1cccc(F)c1-c1nccc(C(=O)Nc2ccc(-c3cnccc3C#N)cc2N2CCN(CC(=O)NCCOCCOCCOCCOCCC(=O)N[C@H](C(=O)N3C[C@H](O)C[C@H]3C)C(C)(C)C)CC2)n1. The summed E-state index contributed by atoms with van der Waals surface area (Å²) < 4.78 is 42.5. The van der Waals surface area contributed by atoms with Crippen LogP contribution in [0.1, 0.15) is 56.6 Å². The van der Waals surface area contributed by atoms with Crippen LogP contribution in [0.2, 0.25) is 0 Å². The first kappa shape index (κ1) is 55.6. The van der Waals surface area contributed by atoms with E-state index in [1.54, 1.807) is 41.6 Å². The fourth-order valence-electron chi connectivity index (χ4n) is 8.42. The minimum absolute atomic E-state index is 0.00707. The third kappa shape index (κ3) is 16.2. The molecule has 20 nitrogen and oxygen atoms in total. The molecule has 392 valence electrons. The minimum atomic E-state index is -0.716. The van der Waals surface area contributed by atoms with Gasteiger partial charge in [-0.15, -0.1) is 0 Å². The number of carbonyl (C=O) groups excluding carboxylic acids is 4. The first-order chi connectivity index (χ1) is 35.2. The maximum Gasteiger partial charge on any atom is 0.274 e. The van der Waals surface area contributed by atoms with Crippen molar-refractivity contribution in [3.63, 3.8) is 0 Å². The van der Waals surface area contributed by atoms with Crippen LogP contribution < -0.4 is 25.6 Å². The van der Waals surface area contributed by atoms with Gasteiger partial charge in [-0.2, -0.15) is 5.26 Å². The molecule has 6 rings (SSSR count). The highest BCUT2D eigenvalue weighted by Crippen LogP contribution is 2.35. The smallest absolute Gasteiger partial charge is 0.274 e. The van der Waals surface area contributed by atoms with E-state index in [2.05, 4.69) is 41.9 Å². The Morgan fingerprint density at radius 1 is 0.904 bits per heavy atom. The van der Waals surface area contributed by atoms with Crippen LogP contribution in [-0.4, -0.2) is 177 Å². The number of carbonyl (C=O) groups is 4. The van der Waals surface area contributed by atoms with E-state index >= 15 is 0 Å². The molecule has 4 aromatic rings. The van der Waals surface area contributed by atoms with Gasteiger partial charge in [0.2, 0.25) is 17.7 Å². The number of aliphatic hydroxyl groups is 1. The fraction of sp³-hybridized carbons (Fsp3) is 0.500. The molecule has 2 fully saturated rings. The van der Waals surface area contributed by atoms with Crippen LogP contribution in [0.5, 0.6) is 5.75 Å². The van der Waals surface area contributed by atoms with Crippen LogP contribution in [0.25, 0.3) is 22.5 Å². The van der Waals surface area contributed by atoms with E-state index in [1.165, 1.54) is 31.5 Å². The molecule has 2 aromatic heterocycles. The molecular weight excluding hydrogens is 944 g/mol. The van der Waals surface area contributed by atoms with E-state index in [0.29, 0.717) is 108 Å². The summed E-state index contributed by atoms with van der Waals surface area (Å²) in [4.78, 5) is 71.1.